The molecule has 0 saturated heterocycles. The van der Waals surface area contributed by atoms with Crippen LogP contribution in [-0.4, -0.2) is 53.6 Å². The maximum Gasteiger partial charge on any atom is 0.402 e. The first-order valence-corrected chi connectivity index (χ1v) is 22.2. The molecule has 0 spiro atoms. The van der Waals surface area contributed by atoms with Crippen molar-refractivity contribution in [2.45, 2.75) is 44.7 Å². The summed E-state index contributed by atoms with van der Waals surface area (Å²) in [6.07, 6.45) is 0.343. The second-order valence-electron chi connectivity index (χ2n) is 17.6. The molecule has 0 N–H and O–H groups in total. The maximum absolute atomic E-state index is 15.1. The first-order valence-electron chi connectivity index (χ1n) is 22.2. The van der Waals surface area contributed by atoms with Crippen LogP contribution < -0.4 is 9.80 Å². The van der Waals surface area contributed by atoms with E-state index < -0.39 is 40.6 Å². The van der Waals surface area contributed by atoms with Crippen LogP contribution in [0.15, 0.2) is 158 Å². The lowest BCUT2D eigenvalue weighted by molar-refractivity contribution is -0.173. The highest BCUT2D eigenvalue weighted by atomic mass is 19.4. The highest BCUT2D eigenvalue weighted by Crippen LogP contribution is 2.56. The Morgan fingerprint density at radius 2 is 1.04 bits per heavy atom. The minimum atomic E-state index is -4.89. The van der Waals surface area contributed by atoms with Crippen molar-refractivity contribution in [2.75, 3.05) is 16.8 Å². The van der Waals surface area contributed by atoms with Gasteiger partial charge in [0, 0.05) is 26.5 Å². The van der Waals surface area contributed by atoms with E-state index >= 15 is 13.2 Å². The van der Waals surface area contributed by atoms with Crippen molar-refractivity contribution >= 4 is 46.8 Å². The molecule has 10 rings (SSSR count). The lowest BCUT2D eigenvalue weighted by Gasteiger charge is -2.34. The van der Waals surface area contributed by atoms with E-state index in [2.05, 4.69) is 54.5 Å². The molecule has 2 aliphatic heterocycles. The number of aryl methyl sites for hydroxylation is 1. The van der Waals surface area contributed by atoms with Gasteiger partial charge < -0.3 is 0 Å². The number of amides is 6. The van der Waals surface area contributed by atoms with Crippen LogP contribution in [0.4, 0.5) is 24.5 Å². The second-order valence-corrected chi connectivity index (χ2v) is 17.6. The Bertz CT molecular complexity index is 3370. The van der Waals surface area contributed by atoms with Crippen molar-refractivity contribution in [2.24, 2.45) is 0 Å². The van der Waals surface area contributed by atoms with Crippen LogP contribution in [-0.2, 0) is 20.4 Å². The van der Waals surface area contributed by atoms with Crippen LogP contribution in [0.1, 0.15) is 107 Å². The predicted molar refractivity (Wildman–Crippen MR) is 260 cm³/mol. The van der Waals surface area contributed by atoms with Gasteiger partial charge in [-0.1, -0.05) is 115 Å². The third-order valence-corrected chi connectivity index (χ3v) is 13.6. The number of carbonyl (C=O) groups excluding carboxylic acids is 6. The predicted octanol–water partition coefficient (Wildman–Crippen LogP) is 10.8. The third kappa shape index (κ3) is 7.12. The van der Waals surface area contributed by atoms with Crippen molar-refractivity contribution in [1.82, 2.24) is 4.90 Å². The molecule has 0 saturated carbocycles. The molecule has 7 aromatic carbocycles. The molecular weight excluding hydrogens is 892 g/mol. The number of hydrogen-bond donors (Lipinski definition) is 0. The topological polar surface area (TPSA) is 112 Å². The van der Waals surface area contributed by atoms with Gasteiger partial charge in [-0.15, -0.1) is 6.42 Å². The molecule has 9 nitrogen and oxygen atoms in total. The lowest BCUT2D eigenvalue weighted by atomic mass is 9.67. The minimum Gasteiger partial charge on any atom is -0.277 e. The molecule has 0 bridgehead atoms. The Labute approximate surface area is 401 Å². The van der Waals surface area contributed by atoms with Crippen molar-refractivity contribution in [3.05, 3.63) is 224 Å². The molecule has 346 valence electrons. The summed E-state index contributed by atoms with van der Waals surface area (Å²) in [5.74, 6) is -0.893. The molecule has 2 heterocycles. The normalized spacial score (nSPS) is 15.0. The molecule has 70 heavy (non-hydrogen) atoms. The Morgan fingerprint density at radius 3 is 1.56 bits per heavy atom. The number of terminal acetylenes is 1. The Balaban J connectivity index is 0.000000349. The summed E-state index contributed by atoms with van der Waals surface area (Å²) >= 11 is 0. The molecule has 0 radical (unpaired) electrons. The van der Waals surface area contributed by atoms with E-state index in [1.807, 2.05) is 43.3 Å². The average molecular weight is 934 g/mol. The number of benzene rings is 7. The molecular formula is C58H42F3N3O6. The van der Waals surface area contributed by atoms with E-state index in [1.54, 1.807) is 36.4 Å². The van der Waals surface area contributed by atoms with Crippen molar-refractivity contribution in [3.63, 3.8) is 0 Å². The molecule has 3 aliphatic rings. The number of imide groups is 3. The average Bonchev–Trinajstić information content (AvgIpc) is 3.88. The molecule has 6 amide bonds. The van der Waals surface area contributed by atoms with Gasteiger partial charge in [0.05, 0.1) is 39.0 Å². The molecule has 1 aliphatic carbocycles. The van der Waals surface area contributed by atoms with E-state index in [1.165, 1.54) is 45.2 Å². The number of nitrogens with zero attached hydrogens (tertiary/aromatic N) is 3. The highest BCUT2D eigenvalue weighted by Gasteiger charge is 2.55. The summed E-state index contributed by atoms with van der Waals surface area (Å²) in [7, 11) is 1.27. The summed E-state index contributed by atoms with van der Waals surface area (Å²) < 4.78 is 45.4. The molecule has 7 aromatic rings. The molecule has 1 atom stereocenters. The summed E-state index contributed by atoms with van der Waals surface area (Å²) in [5, 5.41) is 0. The third-order valence-electron chi connectivity index (χ3n) is 13.6. The van der Waals surface area contributed by atoms with Crippen LogP contribution in [0.2, 0.25) is 0 Å². The zero-order valence-electron chi connectivity index (χ0n) is 38.5. The van der Waals surface area contributed by atoms with E-state index in [9.17, 15) is 28.8 Å². The van der Waals surface area contributed by atoms with Gasteiger partial charge in [-0.25, -0.2) is 4.90 Å². The number of halogens is 3. The molecule has 0 fully saturated rings. The summed E-state index contributed by atoms with van der Waals surface area (Å²) in [6, 6.07) is 45.9. The number of alkyl halides is 3. The Morgan fingerprint density at radius 1 is 0.571 bits per heavy atom. The SMILES string of the molecule is C#Cc1cccc(N(C(C)=O)C(C)=O)c1.Cc1ccc(C2(c3ccc(N4C(=O)c5ccc(C(C)(c6ccc7c(c6)C(=O)N(C)C7=O)C(F)(F)F)cc5C4=O)cc3)c3ccccc3-c3ccccc32)cc1. The number of rotatable bonds is 6. The number of hydrogen-bond acceptors (Lipinski definition) is 6. The van der Waals surface area contributed by atoms with Gasteiger partial charge in [0.1, 0.15) is 5.41 Å². The maximum atomic E-state index is 15.1. The van der Waals surface area contributed by atoms with Crippen molar-refractivity contribution in [1.29, 1.82) is 0 Å². The van der Waals surface area contributed by atoms with Gasteiger partial charge >= 0.3 is 6.18 Å². The lowest BCUT2D eigenvalue weighted by Crippen LogP contribution is -2.41. The first kappa shape index (κ1) is 46.4. The Kier molecular flexibility index (Phi) is 11.4. The summed E-state index contributed by atoms with van der Waals surface area (Å²) in [4.78, 5) is 78.5. The summed E-state index contributed by atoms with van der Waals surface area (Å²) in [6.45, 7) is 5.67. The molecule has 0 aromatic heterocycles. The fraction of sp³-hybridized carbons (Fsp3) is 0.138. The minimum absolute atomic E-state index is 0.0169. The van der Waals surface area contributed by atoms with Gasteiger partial charge in [0.2, 0.25) is 11.8 Å². The second kappa shape index (κ2) is 17.1. The molecule has 1 unspecified atom stereocenters. The zero-order valence-corrected chi connectivity index (χ0v) is 38.5. The van der Waals surface area contributed by atoms with Crippen molar-refractivity contribution in [3.8, 4) is 23.5 Å². The fourth-order valence-electron chi connectivity index (χ4n) is 9.96. The van der Waals surface area contributed by atoms with Crippen LogP contribution in [0.3, 0.4) is 0 Å². The van der Waals surface area contributed by atoms with E-state index in [-0.39, 0.29) is 50.9 Å². The number of fused-ring (bicyclic) bond motifs is 5. The Hall–Kier alpha value is -8.69. The van der Waals surface area contributed by atoms with Crippen LogP contribution in [0, 0.1) is 19.3 Å². The van der Waals surface area contributed by atoms with Gasteiger partial charge in [0.15, 0.2) is 0 Å². The summed E-state index contributed by atoms with van der Waals surface area (Å²) in [5.41, 5.74) is 4.65. The van der Waals surface area contributed by atoms with Gasteiger partial charge in [-0.05, 0) is 113 Å². The number of carbonyl (C=O) groups is 6. The smallest absolute Gasteiger partial charge is 0.277 e. The van der Waals surface area contributed by atoms with Gasteiger partial charge in [-0.2, -0.15) is 13.2 Å². The van der Waals surface area contributed by atoms with E-state index in [4.69, 9.17) is 6.42 Å². The van der Waals surface area contributed by atoms with E-state index in [0.29, 0.717) is 11.3 Å². The quantitative estimate of drug-likeness (QED) is 0.121. The largest absolute Gasteiger partial charge is 0.402 e. The van der Waals surface area contributed by atoms with Crippen LogP contribution in [0.25, 0.3) is 11.1 Å². The standard InChI is InChI=1S/C46H31F3N2O4.C12H11NO2/c1-26-12-14-27(15-13-26)45(38-10-6-4-8-32(38)33-9-5-7-11-39(33)45)28-16-20-31(21-17-28)51-42(54)35-23-19-30(25-37(35)43(51)55)44(2,46(47,48)49)29-18-22-34-36(24-29)41(53)50(3)40(34)52;1-4-11-6-5-7-12(8-11)13(9(2)14)10(3)15/h4-25H,1-3H3;1,5-8H,2-3H3. The zero-order chi connectivity index (χ0) is 50.0. The first-order chi connectivity index (χ1) is 33.3. The van der Waals surface area contributed by atoms with Crippen LogP contribution >= 0.6 is 0 Å². The highest BCUT2D eigenvalue weighted by molar-refractivity contribution is 6.34. The van der Waals surface area contributed by atoms with E-state index in [0.717, 1.165) is 72.7 Å². The number of anilines is 2. The van der Waals surface area contributed by atoms with Crippen molar-refractivity contribution < 1.29 is 41.9 Å². The fourth-order valence-corrected chi connectivity index (χ4v) is 9.96. The molecule has 12 heteroatoms. The van der Waals surface area contributed by atoms with Gasteiger partial charge in [0.25, 0.3) is 23.6 Å². The van der Waals surface area contributed by atoms with Gasteiger partial charge in [-0.3, -0.25) is 38.6 Å². The van der Waals surface area contributed by atoms with Crippen LogP contribution in [0.5, 0.6) is 0 Å². The monoisotopic (exact) mass is 933 g/mol.